The van der Waals surface area contributed by atoms with Crippen LogP contribution < -0.4 is 10.6 Å². The van der Waals surface area contributed by atoms with E-state index in [0.29, 0.717) is 5.56 Å². The Morgan fingerprint density at radius 3 is 2.46 bits per heavy atom. The highest BCUT2D eigenvalue weighted by Crippen LogP contribution is 2.20. The molecular formula is C27H25F2N3O3. The fourth-order valence-electron chi connectivity index (χ4n) is 3.82. The number of hydrogen-bond acceptors (Lipinski definition) is 3. The molecule has 35 heavy (non-hydrogen) atoms. The van der Waals surface area contributed by atoms with Crippen molar-refractivity contribution in [3.8, 4) is 0 Å². The van der Waals surface area contributed by atoms with Crippen molar-refractivity contribution in [2.24, 2.45) is 0 Å². The fraction of sp³-hybridized carbons (Fsp3) is 0.185. The highest BCUT2D eigenvalue weighted by Gasteiger charge is 2.25. The molecule has 0 bridgehead atoms. The second-order valence-electron chi connectivity index (χ2n) is 8.23. The minimum absolute atomic E-state index is 0.0549. The molecule has 6 nitrogen and oxygen atoms in total. The van der Waals surface area contributed by atoms with Crippen molar-refractivity contribution < 1.29 is 23.1 Å². The van der Waals surface area contributed by atoms with Crippen molar-refractivity contribution >= 4 is 22.9 Å². The van der Waals surface area contributed by atoms with Crippen molar-refractivity contribution in [3.05, 3.63) is 107 Å². The number of amides is 2. The van der Waals surface area contributed by atoms with E-state index in [1.165, 1.54) is 6.07 Å². The molecule has 3 aromatic carbocycles. The predicted molar refractivity (Wildman–Crippen MR) is 128 cm³/mol. The molecule has 2 amide bonds. The minimum Gasteiger partial charge on any atom is -0.445 e. The fourth-order valence-corrected chi connectivity index (χ4v) is 3.82. The van der Waals surface area contributed by atoms with Crippen LogP contribution in [-0.4, -0.2) is 23.0 Å². The first-order valence-corrected chi connectivity index (χ1v) is 11.2. The zero-order valence-electron chi connectivity index (χ0n) is 19.1. The number of aromatic amines is 1. The third-order valence-corrected chi connectivity index (χ3v) is 5.72. The molecule has 2 atom stereocenters. The summed E-state index contributed by atoms with van der Waals surface area (Å²) in [6, 6.07) is 18.7. The lowest BCUT2D eigenvalue weighted by molar-refractivity contribution is -0.123. The van der Waals surface area contributed by atoms with Crippen LogP contribution in [0, 0.1) is 11.6 Å². The van der Waals surface area contributed by atoms with Gasteiger partial charge in [0.25, 0.3) is 0 Å². The van der Waals surface area contributed by atoms with Gasteiger partial charge >= 0.3 is 6.09 Å². The van der Waals surface area contributed by atoms with Crippen molar-refractivity contribution in [2.45, 2.75) is 32.0 Å². The molecule has 8 heteroatoms. The molecule has 0 fully saturated rings. The largest absolute Gasteiger partial charge is 0.445 e. The molecule has 0 saturated heterocycles. The molecule has 0 saturated carbocycles. The summed E-state index contributed by atoms with van der Waals surface area (Å²) < 4.78 is 32.3. The summed E-state index contributed by atoms with van der Waals surface area (Å²) >= 11 is 0. The minimum atomic E-state index is -0.999. The van der Waals surface area contributed by atoms with E-state index in [1.54, 1.807) is 13.1 Å². The summed E-state index contributed by atoms with van der Waals surface area (Å²) in [5, 5.41) is 6.35. The first-order chi connectivity index (χ1) is 16.9. The standard InChI is InChI=1S/C27H25F2N3O3/c1-17(19-11-12-22(28)23(29)13-19)31-26(33)25(14-20-15-30-24-10-6-5-9-21(20)24)32-27(34)35-16-18-7-3-2-4-8-18/h2-13,15,17,25,30H,14,16H2,1H3,(H,31,33)(H,32,34)/t17?,25-/m0/s1. The van der Waals surface area contributed by atoms with Gasteiger partial charge in [0.05, 0.1) is 6.04 Å². The molecule has 0 radical (unpaired) electrons. The van der Waals surface area contributed by atoms with Gasteiger partial charge < -0.3 is 20.4 Å². The lowest BCUT2D eigenvalue weighted by Gasteiger charge is -2.21. The monoisotopic (exact) mass is 477 g/mol. The van der Waals surface area contributed by atoms with Gasteiger partial charge in [-0.2, -0.15) is 0 Å². The lowest BCUT2D eigenvalue weighted by atomic mass is 10.0. The number of alkyl carbamates (subject to hydrolysis) is 1. The molecule has 0 aliphatic rings. The molecule has 180 valence electrons. The Morgan fingerprint density at radius 2 is 1.69 bits per heavy atom. The smallest absolute Gasteiger partial charge is 0.408 e. The second-order valence-corrected chi connectivity index (χ2v) is 8.23. The van der Waals surface area contributed by atoms with Crippen molar-refractivity contribution in [1.82, 2.24) is 15.6 Å². The van der Waals surface area contributed by atoms with E-state index < -0.39 is 35.7 Å². The van der Waals surface area contributed by atoms with E-state index in [1.807, 2.05) is 54.6 Å². The Labute approximate surface area is 201 Å². The normalized spacial score (nSPS) is 12.7. The summed E-state index contributed by atoms with van der Waals surface area (Å²) in [4.78, 5) is 28.9. The highest BCUT2D eigenvalue weighted by molar-refractivity contribution is 5.88. The van der Waals surface area contributed by atoms with Gasteiger partial charge in [0.1, 0.15) is 12.6 Å². The molecule has 4 rings (SSSR count). The summed E-state index contributed by atoms with van der Waals surface area (Å²) in [6.45, 7) is 1.71. The van der Waals surface area contributed by atoms with Gasteiger partial charge in [-0.3, -0.25) is 4.79 Å². The number of rotatable bonds is 8. The van der Waals surface area contributed by atoms with Crippen LogP contribution in [0.2, 0.25) is 0 Å². The van der Waals surface area contributed by atoms with Crippen molar-refractivity contribution in [3.63, 3.8) is 0 Å². The first-order valence-electron chi connectivity index (χ1n) is 11.2. The number of aromatic nitrogens is 1. The zero-order chi connectivity index (χ0) is 24.8. The SMILES string of the molecule is CC(NC(=O)[C@H](Cc1c[nH]c2ccccc12)NC(=O)OCc1ccccc1)c1ccc(F)c(F)c1. The Bertz CT molecular complexity index is 1320. The number of nitrogens with one attached hydrogen (secondary N) is 3. The van der Waals surface area contributed by atoms with Gasteiger partial charge in [0.15, 0.2) is 11.6 Å². The molecule has 0 aliphatic heterocycles. The topological polar surface area (TPSA) is 83.2 Å². The van der Waals surface area contributed by atoms with Crippen LogP contribution in [0.3, 0.4) is 0 Å². The Kier molecular flexibility index (Phi) is 7.40. The Morgan fingerprint density at radius 1 is 0.943 bits per heavy atom. The van der Waals surface area contributed by atoms with Crippen LogP contribution in [-0.2, 0) is 22.6 Å². The van der Waals surface area contributed by atoms with E-state index in [-0.39, 0.29) is 13.0 Å². The van der Waals surface area contributed by atoms with Crippen molar-refractivity contribution in [1.29, 1.82) is 0 Å². The summed E-state index contributed by atoms with van der Waals surface area (Å²) in [6.07, 6.45) is 1.25. The highest BCUT2D eigenvalue weighted by atomic mass is 19.2. The summed E-state index contributed by atoms with van der Waals surface area (Å²) in [7, 11) is 0. The molecule has 1 unspecified atom stereocenters. The van der Waals surface area contributed by atoms with Gasteiger partial charge in [-0.15, -0.1) is 0 Å². The van der Waals surface area contributed by atoms with Crippen LogP contribution >= 0.6 is 0 Å². The number of ether oxygens (including phenoxy) is 1. The summed E-state index contributed by atoms with van der Waals surface area (Å²) in [5.41, 5.74) is 2.95. The number of carbonyl (C=O) groups excluding carboxylic acids is 2. The maximum Gasteiger partial charge on any atom is 0.408 e. The lowest BCUT2D eigenvalue weighted by Crippen LogP contribution is -2.48. The number of hydrogen-bond donors (Lipinski definition) is 3. The van der Waals surface area contributed by atoms with Crippen LogP contribution in [0.4, 0.5) is 13.6 Å². The summed E-state index contributed by atoms with van der Waals surface area (Å²) in [5.74, 6) is -2.45. The average molecular weight is 478 g/mol. The third kappa shape index (κ3) is 6.03. The maximum absolute atomic E-state index is 13.7. The number of carbonyl (C=O) groups is 2. The number of benzene rings is 3. The van der Waals surface area contributed by atoms with Crippen molar-refractivity contribution in [2.75, 3.05) is 0 Å². The van der Waals surface area contributed by atoms with Crippen LogP contribution in [0.15, 0.2) is 79.0 Å². The Hall–Kier alpha value is -4.20. The molecule has 0 aliphatic carbocycles. The van der Waals surface area contributed by atoms with Crippen LogP contribution in [0.25, 0.3) is 10.9 Å². The third-order valence-electron chi connectivity index (χ3n) is 5.72. The number of fused-ring (bicyclic) bond motifs is 1. The van der Waals surface area contributed by atoms with E-state index in [2.05, 4.69) is 15.6 Å². The van der Waals surface area contributed by atoms with Gasteiger partial charge in [0, 0.05) is 23.5 Å². The van der Waals surface area contributed by atoms with Crippen LogP contribution in [0.1, 0.15) is 29.7 Å². The first kappa shape index (κ1) is 23.9. The van der Waals surface area contributed by atoms with Gasteiger partial charge in [-0.1, -0.05) is 54.6 Å². The van der Waals surface area contributed by atoms with E-state index in [4.69, 9.17) is 4.74 Å². The molecule has 1 heterocycles. The van der Waals surface area contributed by atoms with Crippen LogP contribution in [0.5, 0.6) is 0 Å². The van der Waals surface area contributed by atoms with E-state index in [9.17, 15) is 18.4 Å². The molecule has 0 spiro atoms. The number of para-hydroxylation sites is 1. The van der Waals surface area contributed by atoms with Gasteiger partial charge in [-0.05, 0) is 41.8 Å². The molecule has 1 aromatic heterocycles. The van der Waals surface area contributed by atoms with Gasteiger partial charge in [-0.25, -0.2) is 13.6 Å². The second kappa shape index (κ2) is 10.8. The van der Waals surface area contributed by atoms with E-state index in [0.717, 1.165) is 34.2 Å². The predicted octanol–water partition coefficient (Wildman–Crippen LogP) is 5.16. The number of H-pyrrole nitrogens is 1. The molecule has 3 N–H and O–H groups in total. The Balaban J connectivity index is 1.49. The maximum atomic E-state index is 13.7. The molecule has 4 aromatic rings. The quantitative estimate of drug-likeness (QED) is 0.328. The molecular weight excluding hydrogens is 452 g/mol. The zero-order valence-corrected chi connectivity index (χ0v) is 19.1. The average Bonchev–Trinajstić information content (AvgIpc) is 3.27. The van der Waals surface area contributed by atoms with Gasteiger partial charge in [0.2, 0.25) is 5.91 Å². The van der Waals surface area contributed by atoms with E-state index >= 15 is 0 Å². The number of halogens is 2.